The summed E-state index contributed by atoms with van der Waals surface area (Å²) >= 11 is 1.74. The Kier molecular flexibility index (Phi) is 3.68. The van der Waals surface area contributed by atoms with Crippen LogP contribution >= 0.6 is 11.3 Å². The smallest absolute Gasteiger partial charge is 0.0982 e. The molecule has 0 fully saturated rings. The van der Waals surface area contributed by atoms with Crippen molar-refractivity contribution in [3.8, 4) is 0 Å². The van der Waals surface area contributed by atoms with E-state index >= 15 is 0 Å². The van der Waals surface area contributed by atoms with Crippen LogP contribution in [0.15, 0.2) is 47.8 Å². The summed E-state index contributed by atoms with van der Waals surface area (Å²) < 4.78 is 0. The lowest BCUT2D eigenvalue weighted by Crippen LogP contribution is -2.11. The van der Waals surface area contributed by atoms with Crippen LogP contribution in [0.25, 0.3) is 10.8 Å². The monoisotopic (exact) mass is 296 g/mol. The van der Waals surface area contributed by atoms with Crippen molar-refractivity contribution in [2.75, 3.05) is 5.32 Å². The van der Waals surface area contributed by atoms with Crippen LogP contribution < -0.4 is 5.32 Å². The molecule has 2 nitrogen and oxygen atoms in total. The second kappa shape index (κ2) is 5.49. The summed E-state index contributed by atoms with van der Waals surface area (Å²) in [4.78, 5) is 4.73. The molecule has 0 aliphatic carbocycles. The first-order valence-electron chi connectivity index (χ1n) is 7.20. The molecule has 1 aromatic heterocycles. The molecule has 1 N–H and O–H groups in total. The molecule has 0 bridgehead atoms. The molecule has 0 aliphatic heterocycles. The normalized spacial score (nSPS) is 11.8. The summed E-state index contributed by atoms with van der Waals surface area (Å²) in [5, 5.41) is 9.37. The van der Waals surface area contributed by atoms with Crippen molar-refractivity contribution in [3.05, 3.63) is 58.5 Å². The quantitative estimate of drug-likeness (QED) is 0.718. The fourth-order valence-corrected chi connectivity index (χ4v) is 3.21. The van der Waals surface area contributed by atoms with E-state index in [4.69, 9.17) is 4.98 Å². The van der Waals surface area contributed by atoms with Crippen molar-refractivity contribution in [3.63, 3.8) is 0 Å². The molecule has 0 amide bonds. The number of hydrogen-bond acceptors (Lipinski definition) is 3. The fraction of sp³-hybridized carbons (Fsp3) is 0.278. The van der Waals surface area contributed by atoms with Crippen LogP contribution in [0.4, 0.5) is 5.69 Å². The first-order chi connectivity index (χ1) is 10.0. The average molecular weight is 296 g/mol. The molecule has 0 spiro atoms. The lowest BCUT2D eigenvalue weighted by molar-refractivity contribution is 0.583. The molecule has 2 aromatic carbocycles. The number of rotatable bonds is 3. The van der Waals surface area contributed by atoms with Crippen molar-refractivity contribution >= 4 is 27.8 Å². The summed E-state index contributed by atoms with van der Waals surface area (Å²) in [6.07, 6.45) is 0. The Bertz CT molecular complexity index is 748. The Balaban J connectivity index is 1.79. The van der Waals surface area contributed by atoms with Gasteiger partial charge in [0.1, 0.15) is 0 Å². The first-order valence-corrected chi connectivity index (χ1v) is 8.08. The molecular weight excluding hydrogens is 276 g/mol. The van der Waals surface area contributed by atoms with E-state index in [-0.39, 0.29) is 5.41 Å². The molecule has 1 heterocycles. The lowest BCUT2D eigenvalue weighted by atomic mass is 9.98. The highest BCUT2D eigenvalue weighted by atomic mass is 32.1. The van der Waals surface area contributed by atoms with Crippen molar-refractivity contribution in [1.82, 2.24) is 4.98 Å². The third kappa shape index (κ3) is 3.08. The number of aromatic nitrogens is 1. The summed E-state index contributed by atoms with van der Waals surface area (Å²) in [7, 11) is 0. The van der Waals surface area contributed by atoms with Crippen molar-refractivity contribution in [2.45, 2.75) is 32.7 Å². The Morgan fingerprint density at radius 2 is 1.81 bits per heavy atom. The molecule has 0 saturated carbocycles. The Morgan fingerprint density at radius 1 is 1.05 bits per heavy atom. The molecule has 21 heavy (non-hydrogen) atoms. The van der Waals surface area contributed by atoms with E-state index in [1.807, 2.05) is 0 Å². The number of fused-ring (bicyclic) bond motifs is 1. The summed E-state index contributed by atoms with van der Waals surface area (Å²) in [5.41, 5.74) is 2.40. The van der Waals surface area contributed by atoms with Gasteiger partial charge in [0.05, 0.1) is 17.2 Å². The van der Waals surface area contributed by atoms with E-state index in [9.17, 15) is 0 Å². The maximum atomic E-state index is 4.73. The highest BCUT2D eigenvalue weighted by molar-refractivity contribution is 7.09. The first kappa shape index (κ1) is 14.1. The second-order valence-electron chi connectivity index (χ2n) is 6.27. The van der Waals surface area contributed by atoms with Gasteiger partial charge in [-0.15, -0.1) is 11.3 Å². The van der Waals surface area contributed by atoms with Gasteiger partial charge in [0.15, 0.2) is 0 Å². The van der Waals surface area contributed by atoms with Crippen molar-refractivity contribution < 1.29 is 0 Å². The Labute approximate surface area is 129 Å². The van der Waals surface area contributed by atoms with Gasteiger partial charge in [0, 0.05) is 21.9 Å². The van der Waals surface area contributed by atoms with Crippen LogP contribution in [-0.2, 0) is 12.0 Å². The average Bonchev–Trinajstić information content (AvgIpc) is 2.94. The van der Waals surface area contributed by atoms with Crippen molar-refractivity contribution in [1.29, 1.82) is 0 Å². The van der Waals surface area contributed by atoms with Crippen LogP contribution in [0.5, 0.6) is 0 Å². The number of hydrogen-bond donors (Lipinski definition) is 1. The third-order valence-corrected chi connectivity index (χ3v) is 4.76. The van der Waals surface area contributed by atoms with Crippen LogP contribution in [-0.4, -0.2) is 4.98 Å². The fourth-order valence-electron chi connectivity index (χ4n) is 2.30. The number of nitrogens with one attached hydrogen (secondary N) is 1. The minimum atomic E-state index is 0.127. The highest BCUT2D eigenvalue weighted by Gasteiger charge is 2.17. The molecule has 0 radical (unpaired) electrons. The predicted molar refractivity (Wildman–Crippen MR) is 92.1 cm³/mol. The van der Waals surface area contributed by atoms with Gasteiger partial charge in [0.2, 0.25) is 0 Å². The Hall–Kier alpha value is -1.87. The second-order valence-corrected chi connectivity index (χ2v) is 7.13. The molecule has 0 atom stereocenters. The summed E-state index contributed by atoms with van der Waals surface area (Å²) in [5.74, 6) is 0. The van der Waals surface area contributed by atoms with Crippen molar-refractivity contribution in [2.24, 2.45) is 0 Å². The Morgan fingerprint density at radius 3 is 2.57 bits per heavy atom. The lowest BCUT2D eigenvalue weighted by Gasteiger charge is -2.13. The maximum Gasteiger partial charge on any atom is 0.0982 e. The minimum absolute atomic E-state index is 0.127. The largest absolute Gasteiger partial charge is 0.379 e. The van der Waals surface area contributed by atoms with Gasteiger partial charge in [-0.2, -0.15) is 0 Å². The van der Waals surface area contributed by atoms with Crippen LogP contribution in [0.2, 0.25) is 0 Å². The molecule has 0 saturated heterocycles. The zero-order chi connectivity index (χ0) is 14.9. The van der Waals surface area contributed by atoms with Gasteiger partial charge in [0.25, 0.3) is 0 Å². The van der Waals surface area contributed by atoms with Gasteiger partial charge in [-0.25, -0.2) is 4.98 Å². The van der Waals surface area contributed by atoms with E-state index in [0.717, 1.165) is 12.2 Å². The standard InChI is InChI=1S/C18H20N2S/c1-18(2,3)17-20-14(12-21-17)11-19-16-10-6-8-13-7-4-5-9-15(13)16/h4-10,12,19H,11H2,1-3H3. The van der Waals surface area contributed by atoms with Gasteiger partial charge >= 0.3 is 0 Å². The van der Waals surface area contributed by atoms with Gasteiger partial charge in [-0.05, 0) is 11.5 Å². The van der Waals surface area contributed by atoms with E-state index < -0.39 is 0 Å². The van der Waals surface area contributed by atoms with E-state index in [0.29, 0.717) is 0 Å². The number of benzene rings is 2. The molecular formula is C18H20N2S. The highest BCUT2D eigenvalue weighted by Crippen LogP contribution is 2.27. The molecule has 0 unspecified atom stereocenters. The molecule has 3 heteroatoms. The number of thiazole rings is 1. The van der Waals surface area contributed by atoms with E-state index in [1.165, 1.54) is 21.5 Å². The van der Waals surface area contributed by atoms with Crippen LogP contribution in [0.1, 0.15) is 31.5 Å². The van der Waals surface area contributed by atoms with Gasteiger partial charge in [-0.3, -0.25) is 0 Å². The predicted octanol–water partition coefficient (Wildman–Crippen LogP) is 5.21. The molecule has 0 aliphatic rings. The molecule has 3 aromatic rings. The SMILES string of the molecule is CC(C)(C)c1nc(CNc2cccc3ccccc23)cs1. The molecule has 3 rings (SSSR count). The van der Waals surface area contributed by atoms with Gasteiger partial charge < -0.3 is 5.32 Å². The minimum Gasteiger partial charge on any atom is -0.379 e. The number of anilines is 1. The zero-order valence-electron chi connectivity index (χ0n) is 12.7. The summed E-state index contributed by atoms with van der Waals surface area (Å²) in [6, 6.07) is 14.8. The maximum absolute atomic E-state index is 4.73. The summed E-state index contributed by atoms with van der Waals surface area (Å²) in [6.45, 7) is 7.37. The van der Waals surface area contributed by atoms with Crippen LogP contribution in [0.3, 0.4) is 0 Å². The van der Waals surface area contributed by atoms with E-state index in [1.54, 1.807) is 11.3 Å². The number of nitrogens with zero attached hydrogens (tertiary/aromatic N) is 1. The zero-order valence-corrected chi connectivity index (χ0v) is 13.5. The van der Waals surface area contributed by atoms with Gasteiger partial charge in [-0.1, -0.05) is 57.2 Å². The van der Waals surface area contributed by atoms with E-state index in [2.05, 4.69) is 73.9 Å². The third-order valence-electron chi connectivity index (χ3n) is 3.44. The topological polar surface area (TPSA) is 24.9 Å². The molecule has 108 valence electrons. The van der Waals surface area contributed by atoms with Crippen LogP contribution in [0, 0.1) is 0 Å².